The number of fused-ring (bicyclic) bond motifs is 13. The molecule has 1 aliphatic heterocycles. The van der Waals surface area contributed by atoms with Gasteiger partial charge < -0.3 is 4.57 Å². The zero-order valence-electron chi connectivity index (χ0n) is 35.5. The summed E-state index contributed by atoms with van der Waals surface area (Å²) in [5, 5.41) is 14.9. The third-order valence-corrected chi connectivity index (χ3v) is 16.3. The maximum absolute atomic E-state index is 5.88. The average Bonchev–Trinajstić information content (AvgIpc) is 4.04. The molecule has 4 heterocycles. The second-order valence-electron chi connectivity index (χ2n) is 17.5. The molecular formula is C60H39N3S2. The summed E-state index contributed by atoms with van der Waals surface area (Å²) in [4.78, 5) is 11.7. The molecule has 14 rings (SSSR count). The molecule has 0 N–H and O–H groups in total. The number of hydrogen-bond donors (Lipinski definition) is 0. The standard InChI is InChI=1S/C60H39N3S2/c1-2-41-56(39-27-28-46-44-21-9-11-24-53(44)64-55(46)32-39)61-60(62-57(41)47-23-13-18-35-14-5-7-19-42(35)47)51-34-40(33-50-45-22-10-12-25-54(45)65-59(50)51)63-52-31-38-17-4-3-16-37(38)30-49(52)48-29-26-36-15-6-8-20-43(36)58(48)63/h3-34,41,56H,2H2,1H3. The maximum atomic E-state index is 5.88. The van der Waals surface area contributed by atoms with Crippen LogP contribution in [0.3, 0.4) is 0 Å². The van der Waals surface area contributed by atoms with Gasteiger partial charge in [0.15, 0.2) is 5.84 Å². The fourth-order valence-electron chi connectivity index (χ4n) is 10.9. The van der Waals surface area contributed by atoms with E-state index in [1.54, 1.807) is 0 Å². The van der Waals surface area contributed by atoms with E-state index in [0.717, 1.165) is 29.2 Å². The quantitative estimate of drug-likeness (QED) is 0.165. The first kappa shape index (κ1) is 37.0. The molecule has 13 aromatic rings. The highest BCUT2D eigenvalue weighted by Gasteiger charge is 2.34. The Morgan fingerprint density at radius 3 is 1.89 bits per heavy atom. The normalized spacial score (nSPS) is 15.7. The number of benzene rings is 10. The van der Waals surface area contributed by atoms with Gasteiger partial charge in [-0.3, -0.25) is 4.99 Å². The molecule has 0 aliphatic carbocycles. The molecule has 306 valence electrons. The van der Waals surface area contributed by atoms with Gasteiger partial charge in [0.25, 0.3) is 0 Å². The lowest BCUT2D eigenvalue weighted by Gasteiger charge is -2.30. The summed E-state index contributed by atoms with van der Waals surface area (Å²) in [5.74, 6) is 0.850. The lowest BCUT2D eigenvalue weighted by molar-refractivity contribution is 0.533. The van der Waals surface area contributed by atoms with E-state index in [2.05, 4.69) is 206 Å². The molecule has 10 aromatic carbocycles. The van der Waals surface area contributed by atoms with Crippen molar-refractivity contribution < 1.29 is 0 Å². The minimum absolute atomic E-state index is 0.0643. The zero-order chi connectivity index (χ0) is 42.8. The Morgan fingerprint density at radius 2 is 1.09 bits per heavy atom. The van der Waals surface area contributed by atoms with Crippen LogP contribution in [0, 0.1) is 5.92 Å². The van der Waals surface area contributed by atoms with Crippen LogP contribution >= 0.6 is 22.7 Å². The molecule has 0 fully saturated rings. The number of aromatic nitrogens is 1. The van der Waals surface area contributed by atoms with Crippen molar-refractivity contribution in [1.82, 2.24) is 4.57 Å². The maximum Gasteiger partial charge on any atom is 0.157 e. The van der Waals surface area contributed by atoms with E-state index in [4.69, 9.17) is 9.98 Å². The van der Waals surface area contributed by atoms with Crippen molar-refractivity contribution >= 4 is 129 Å². The van der Waals surface area contributed by atoms with Crippen LogP contribution in [0.1, 0.15) is 36.1 Å². The topological polar surface area (TPSA) is 29.6 Å². The second kappa shape index (κ2) is 14.3. The van der Waals surface area contributed by atoms with Gasteiger partial charge in [0.05, 0.1) is 22.8 Å². The van der Waals surface area contributed by atoms with Crippen LogP contribution in [0.5, 0.6) is 0 Å². The summed E-state index contributed by atoms with van der Waals surface area (Å²) >= 11 is 3.72. The third-order valence-electron chi connectivity index (χ3n) is 14.0. The highest BCUT2D eigenvalue weighted by molar-refractivity contribution is 7.26. The summed E-state index contributed by atoms with van der Waals surface area (Å²) in [6.07, 6.45) is 0.897. The first-order valence-electron chi connectivity index (χ1n) is 22.5. The first-order chi connectivity index (χ1) is 32.2. The molecule has 1 aliphatic rings. The van der Waals surface area contributed by atoms with E-state index in [9.17, 15) is 0 Å². The van der Waals surface area contributed by atoms with Crippen LogP contribution in [-0.4, -0.2) is 16.1 Å². The van der Waals surface area contributed by atoms with Gasteiger partial charge in [-0.2, -0.15) is 0 Å². The van der Waals surface area contributed by atoms with Crippen LogP contribution in [0.15, 0.2) is 204 Å². The largest absolute Gasteiger partial charge is 0.309 e. The molecule has 3 aromatic heterocycles. The molecule has 2 unspecified atom stereocenters. The van der Waals surface area contributed by atoms with E-state index in [0.29, 0.717) is 0 Å². The van der Waals surface area contributed by atoms with E-state index < -0.39 is 0 Å². The fraction of sp³-hybridized carbons (Fsp3) is 0.0667. The third kappa shape index (κ3) is 5.59. The van der Waals surface area contributed by atoms with Gasteiger partial charge in [-0.05, 0) is 81.4 Å². The lowest BCUT2D eigenvalue weighted by Crippen LogP contribution is -2.28. The smallest absolute Gasteiger partial charge is 0.157 e. The number of hydrogen-bond acceptors (Lipinski definition) is 4. The van der Waals surface area contributed by atoms with Crippen molar-refractivity contribution in [2.75, 3.05) is 0 Å². The van der Waals surface area contributed by atoms with Gasteiger partial charge in [-0.15, -0.1) is 22.7 Å². The lowest BCUT2D eigenvalue weighted by atomic mass is 9.81. The zero-order valence-corrected chi connectivity index (χ0v) is 37.1. The molecule has 2 atom stereocenters. The Hall–Kier alpha value is -7.44. The average molecular weight is 866 g/mol. The van der Waals surface area contributed by atoms with Crippen molar-refractivity contribution in [3.63, 3.8) is 0 Å². The predicted octanol–water partition coefficient (Wildman–Crippen LogP) is 17.0. The van der Waals surface area contributed by atoms with Crippen molar-refractivity contribution in [3.05, 3.63) is 211 Å². The molecule has 0 amide bonds. The van der Waals surface area contributed by atoms with Crippen molar-refractivity contribution in [2.24, 2.45) is 15.9 Å². The molecule has 0 radical (unpaired) electrons. The van der Waals surface area contributed by atoms with Crippen LogP contribution in [0.2, 0.25) is 0 Å². The summed E-state index contributed by atoms with van der Waals surface area (Å²) in [5.41, 5.74) is 8.08. The summed E-state index contributed by atoms with van der Waals surface area (Å²) in [7, 11) is 0. The summed E-state index contributed by atoms with van der Waals surface area (Å²) < 4.78 is 7.60. The predicted molar refractivity (Wildman–Crippen MR) is 282 cm³/mol. The van der Waals surface area contributed by atoms with Gasteiger partial charge in [-0.1, -0.05) is 159 Å². The molecule has 3 nitrogen and oxygen atoms in total. The van der Waals surface area contributed by atoms with E-state index in [-0.39, 0.29) is 12.0 Å². The number of aliphatic imine (C=N–C) groups is 2. The molecular weight excluding hydrogens is 827 g/mol. The first-order valence-corrected chi connectivity index (χ1v) is 24.2. The minimum Gasteiger partial charge on any atom is -0.309 e. The summed E-state index contributed by atoms with van der Waals surface area (Å²) in [6.45, 7) is 2.30. The highest BCUT2D eigenvalue weighted by atomic mass is 32.1. The van der Waals surface area contributed by atoms with Gasteiger partial charge in [0.2, 0.25) is 0 Å². The van der Waals surface area contributed by atoms with Gasteiger partial charge in [0, 0.05) is 79.2 Å². The number of amidine groups is 1. The van der Waals surface area contributed by atoms with Crippen molar-refractivity contribution in [2.45, 2.75) is 19.4 Å². The van der Waals surface area contributed by atoms with Crippen molar-refractivity contribution in [3.8, 4) is 5.69 Å². The van der Waals surface area contributed by atoms with Crippen LogP contribution in [0.25, 0.3) is 100 Å². The monoisotopic (exact) mass is 865 g/mol. The summed E-state index contributed by atoms with van der Waals surface area (Å²) in [6, 6.07) is 71.8. The Labute approximate surface area is 382 Å². The van der Waals surface area contributed by atoms with Gasteiger partial charge in [0.1, 0.15) is 0 Å². The highest BCUT2D eigenvalue weighted by Crippen LogP contribution is 2.45. The van der Waals surface area contributed by atoms with Crippen LogP contribution < -0.4 is 0 Å². The molecule has 0 saturated heterocycles. The Kier molecular flexibility index (Phi) is 8.13. The molecule has 65 heavy (non-hydrogen) atoms. The molecule has 0 spiro atoms. The number of thiophene rings is 2. The Morgan fingerprint density at radius 1 is 0.462 bits per heavy atom. The fourth-order valence-corrected chi connectivity index (χ4v) is 13.3. The van der Waals surface area contributed by atoms with Crippen molar-refractivity contribution in [1.29, 1.82) is 0 Å². The van der Waals surface area contributed by atoms with Crippen LogP contribution in [-0.2, 0) is 0 Å². The Bertz CT molecular complexity index is 4190. The SMILES string of the molecule is CCC1C(c2cccc3ccccc23)=NC(c2cc(-n3c4cc5ccccc5cc4c4ccc5ccccc5c43)cc3c2sc2ccccc23)=NC1c1ccc2c(c1)sc1ccccc12. The molecule has 0 saturated carbocycles. The number of rotatable bonds is 5. The molecule has 5 heteroatoms. The van der Waals surface area contributed by atoms with Gasteiger partial charge in [-0.25, -0.2) is 4.99 Å². The molecule has 0 bridgehead atoms. The van der Waals surface area contributed by atoms with E-state index >= 15 is 0 Å². The number of nitrogens with zero attached hydrogens (tertiary/aromatic N) is 3. The van der Waals surface area contributed by atoms with E-state index in [1.807, 2.05) is 22.7 Å². The van der Waals surface area contributed by atoms with E-state index in [1.165, 1.54) is 106 Å². The minimum atomic E-state index is -0.146. The second-order valence-corrected chi connectivity index (χ2v) is 19.6. The van der Waals surface area contributed by atoms with Crippen LogP contribution in [0.4, 0.5) is 0 Å². The van der Waals surface area contributed by atoms with Gasteiger partial charge >= 0.3 is 0 Å². The Balaban J connectivity index is 1.09.